The molecule has 47 heavy (non-hydrogen) atoms. The molecular formula is C37H48N4O5S. The minimum atomic E-state index is -0.318. The highest BCUT2D eigenvalue weighted by Gasteiger charge is 2.30. The van der Waals surface area contributed by atoms with Gasteiger partial charge in [0.05, 0.1) is 30.2 Å². The lowest BCUT2D eigenvalue weighted by molar-refractivity contribution is -0.00422. The number of aromatic nitrogens is 3. The number of methoxy groups -OCH3 is 1. The molecule has 2 aromatic carbocycles. The van der Waals surface area contributed by atoms with Crippen molar-refractivity contribution in [3.8, 4) is 27.6 Å². The first-order chi connectivity index (χ1) is 23.1. The largest absolute Gasteiger partial charge is 0.490 e. The topological polar surface area (TPSA) is 87.4 Å². The number of ether oxygens (including phenoxy) is 4. The Morgan fingerprint density at radius 3 is 2.26 bits per heavy atom. The Morgan fingerprint density at radius 2 is 1.55 bits per heavy atom. The lowest BCUT2D eigenvalue weighted by Crippen LogP contribution is -2.46. The fourth-order valence-electron chi connectivity index (χ4n) is 6.75. The van der Waals surface area contributed by atoms with E-state index in [0.717, 1.165) is 84.5 Å². The molecule has 2 aliphatic rings. The van der Waals surface area contributed by atoms with Crippen LogP contribution < -0.4 is 4.74 Å². The van der Waals surface area contributed by atoms with Crippen LogP contribution in [0.2, 0.25) is 0 Å². The number of nitrogens with zero attached hydrogens (tertiary/aromatic N) is 4. The zero-order valence-electron chi connectivity index (χ0n) is 27.8. The molecule has 0 unspecified atom stereocenters. The van der Waals surface area contributed by atoms with E-state index in [9.17, 15) is 4.79 Å². The van der Waals surface area contributed by atoms with Gasteiger partial charge in [0.25, 0.3) is 0 Å². The second kappa shape index (κ2) is 16.7. The van der Waals surface area contributed by atoms with Crippen LogP contribution in [0.4, 0.5) is 0 Å². The standard InChI is InChI=1S/C37H48N4O5S/c1-3-44-36(42)29-10-8-27(9-11-29)34-26-38-37-41(34)39-35(47-37)28-12-16-32(17-13-28)46-33-20-22-40(23-21-33)30-14-18-31(19-15-30)45-25-7-5-4-6-24-43-2/h8-13,16-17,26,30-31,33H,3-7,14-15,18-25H2,1-2H3. The van der Waals surface area contributed by atoms with Gasteiger partial charge < -0.3 is 23.8 Å². The van der Waals surface area contributed by atoms with Crippen LogP contribution in [0.15, 0.2) is 54.7 Å². The minimum absolute atomic E-state index is 0.251. The van der Waals surface area contributed by atoms with Gasteiger partial charge in [-0.15, -0.1) is 0 Å². The van der Waals surface area contributed by atoms with Gasteiger partial charge in [-0.1, -0.05) is 36.3 Å². The van der Waals surface area contributed by atoms with E-state index in [2.05, 4.69) is 34.1 Å². The van der Waals surface area contributed by atoms with Crippen LogP contribution in [0.25, 0.3) is 26.8 Å². The first-order valence-corrected chi connectivity index (χ1v) is 18.2. The summed E-state index contributed by atoms with van der Waals surface area (Å²) in [5.74, 6) is 0.591. The van der Waals surface area contributed by atoms with Crippen molar-refractivity contribution in [3.05, 3.63) is 60.3 Å². The number of carbonyl (C=O) groups excluding carboxylic acids is 1. The number of likely N-dealkylation sites (tertiary alicyclic amines) is 1. The molecule has 10 heteroatoms. The Bertz CT molecular complexity index is 1540. The van der Waals surface area contributed by atoms with Gasteiger partial charge in [0.1, 0.15) is 16.9 Å². The van der Waals surface area contributed by atoms with Gasteiger partial charge in [-0.25, -0.2) is 14.3 Å². The number of benzene rings is 2. The van der Waals surface area contributed by atoms with Crippen molar-refractivity contribution in [2.24, 2.45) is 0 Å². The van der Waals surface area contributed by atoms with E-state index < -0.39 is 0 Å². The number of hydrogen-bond donors (Lipinski definition) is 0. The summed E-state index contributed by atoms with van der Waals surface area (Å²) in [5.41, 5.74) is 3.38. The summed E-state index contributed by atoms with van der Waals surface area (Å²) in [4.78, 5) is 20.1. The normalized spacial score (nSPS) is 19.3. The summed E-state index contributed by atoms with van der Waals surface area (Å²) in [5, 5.41) is 5.76. The molecule has 2 fully saturated rings. The van der Waals surface area contributed by atoms with Crippen molar-refractivity contribution < 1.29 is 23.7 Å². The molecule has 0 bridgehead atoms. The minimum Gasteiger partial charge on any atom is -0.490 e. The van der Waals surface area contributed by atoms with Crippen molar-refractivity contribution in [3.63, 3.8) is 0 Å². The number of rotatable bonds is 15. The molecule has 6 rings (SSSR count). The van der Waals surface area contributed by atoms with E-state index in [1.165, 1.54) is 38.5 Å². The molecular weight excluding hydrogens is 612 g/mol. The maximum atomic E-state index is 12.0. The molecule has 1 saturated carbocycles. The van der Waals surface area contributed by atoms with Crippen LogP contribution in [-0.2, 0) is 14.2 Å². The van der Waals surface area contributed by atoms with Crippen LogP contribution in [0.3, 0.4) is 0 Å². The number of esters is 1. The first-order valence-electron chi connectivity index (χ1n) is 17.3. The second-order valence-corrected chi connectivity index (χ2v) is 13.6. The SMILES string of the molecule is CCOC(=O)c1ccc(-c2cnc3sc(-c4ccc(OC5CCN(C6CCC(OCCCCCCOC)CC6)CC5)cc4)nn23)cc1. The van der Waals surface area contributed by atoms with Gasteiger partial charge in [-0.3, -0.25) is 0 Å². The maximum Gasteiger partial charge on any atom is 0.338 e. The van der Waals surface area contributed by atoms with Crippen LogP contribution >= 0.6 is 11.3 Å². The van der Waals surface area contributed by atoms with E-state index in [-0.39, 0.29) is 12.1 Å². The number of carbonyl (C=O) groups is 1. The summed E-state index contributed by atoms with van der Waals surface area (Å²) in [6.45, 7) is 6.14. The van der Waals surface area contributed by atoms with Crippen molar-refractivity contribution >= 4 is 22.3 Å². The monoisotopic (exact) mass is 660 g/mol. The van der Waals surface area contributed by atoms with Crippen molar-refractivity contribution in [1.82, 2.24) is 19.5 Å². The first kappa shape index (κ1) is 33.6. The molecule has 4 aromatic rings. The third-order valence-electron chi connectivity index (χ3n) is 9.41. The van der Waals surface area contributed by atoms with Crippen LogP contribution in [-0.4, -0.2) is 83.7 Å². The Morgan fingerprint density at radius 1 is 0.851 bits per heavy atom. The predicted octanol–water partition coefficient (Wildman–Crippen LogP) is 7.68. The van der Waals surface area contributed by atoms with Crippen LogP contribution in [0.1, 0.15) is 81.5 Å². The Balaban J connectivity index is 0.942. The predicted molar refractivity (Wildman–Crippen MR) is 185 cm³/mol. The van der Waals surface area contributed by atoms with E-state index in [1.807, 2.05) is 22.8 Å². The van der Waals surface area contributed by atoms with Gasteiger partial charge in [0, 0.05) is 50.6 Å². The Labute approximate surface area is 282 Å². The second-order valence-electron chi connectivity index (χ2n) is 12.6. The number of hydrogen-bond acceptors (Lipinski definition) is 9. The van der Waals surface area contributed by atoms with Crippen molar-refractivity contribution in [1.29, 1.82) is 0 Å². The zero-order chi connectivity index (χ0) is 32.4. The molecule has 3 heterocycles. The molecule has 1 aliphatic carbocycles. The van der Waals surface area contributed by atoms with E-state index in [0.29, 0.717) is 24.3 Å². The highest BCUT2D eigenvalue weighted by Crippen LogP contribution is 2.32. The van der Waals surface area contributed by atoms with Gasteiger partial charge >= 0.3 is 5.97 Å². The number of imidazole rings is 1. The molecule has 0 amide bonds. The highest BCUT2D eigenvalue weighted by atomic mass is 32.1. The summed E-state index contributed by atoms with van der Waals surface area (Å²) in [6, 6.07) is 16.3. The number of piperidine rings is 1. The summed E-state index contributed by atoms with van der Waals surface area (Å²) < 4.78 is 24.7. The Kier molecular flexibility index (Phi) is 11.9. The van der Waals surface area contributed by atoms with E-state index in [1.54, 1.807) is 37.5 Å². The molecule has 1 saturated heterocycles. The number of unbranched alkanes of at least 4 members (excludes halogenated alkanes) is 3. The van der Waals surface area contributed by atoms with Crippen LogP contribution in [0.5, 0.6) is 5.75 Å². The van der Waals surface area contributed by atoms with Gasteiger partial charge in [0.15, 0.2) is 0 Å². The fourth-order valence-corrected chi connectivity index (χ4v) is 7.63. The smallest absolute Gasteiger partial charge is 0.338 e. The van der Waals surface area contributed by atoms with Gasteiger partial charge in [-0.2, -0.15) is 5.10 Å². The average Bonchev–Trinajstić information content (AvgIpc) is 3.71. The maximum absolute atomic E-state index is 12.0. The highest BCUT2D eigenvalue weighted by molar-refractivity contribution is 7.19. The molecule has 0 atom stereocenters. The average molecular weight is 661 g/mol. The molecule has 0 spiro atoms. The van der Waals surface area contributed by atoms with Crippen molar-refractivity contribution in [2.75, 3.05) is 40.0 Å². The molecule has 252 valence electrons. The van der Waals surface area contributed by atoms with Crippen molar-refractivity contribution in [2.45, 2.75) is 89.4 Å². The lowest BCUT2D eigenvalue weighted by atomic mass is 9.90. The summed E-state index contributed by atoms with van der Waals surface area (Å²) in [6.07, 6.45) is 14.3. The zero-order valence-corrected chi connectivity index (χ0v) is 28.6. The lowest BCUT2D eigenvalue weighted by Gasteiger charge is -2.40. The number of fused-ring (bicyclic) bond motifs is 1. The Hall–Kier alpha value is -3.31. The van der Waals surface area contributed by atoms with Gasteiger partial charge in [0.2, 0.25) is 4.96 Å². The quantitative estimate of drug-likeness (QED) is 0.0948. The van der Waals surface area contributed by atoms with Gasteiger partial charge in [-0.05, 0) is 94.7 Å². The molecule has 2 aromatic heterocycles. The fraction of sp³-hybridized carbons (Fsp3) is 0.541. The third-order valence-corrected chi connectivity index (χ3v) is 10.4. The van der Waals surface area contributed by atoms with E-state index in [4.69, 9.17) is 24.0 Å². The molecule has 9 nitrogen and oxygen atoms in total. The summed E-state index contributed by atoms with van der Waals surface area (Å²) in [7, 11) is 1.77. The summed E-state index contributed by atoms with van der Waals surface area (Å²) >= 11 is 1.55. The molecule has 0 N–H and O–H groups in total. The van der Waals surface area contributed by atoms with E-state index >= 15 is 0 Å². The molecule has 0 radical (unpaired) electrons. The molecule has 1 aliphatic heterocycles. The third kappa shape index (κ3) is 8.79. The van der Waals surface area contributed by atoms with Crippen LogP contribution in [0, 0.1) is 0 Å².